The van der Waals surface area contributed by atoms with Crippen molar-refractivity contribution in [2.45, 2.75) is 30.5 Å². The Labute approximate surface area is 197 Å². The molecule has 2 aromatic rings. The molecule has 2 fully saturated rings. The summed E-state index contributed by atoms with van der Waals surface area (Å²) < 4.78 is 67.5. The number of halogens is 3. The molecular weight excluding hydrogens is 471 g/mol. The van der Waals surface area contributed by atoms with E-state index < -0.39 is 27.7 Å². The van der Waals surface area contributed by atoms with Crippen molar-refractivity contribution in [3.05, 3.63) is 47.8 Å². The topological polar surface area (TPSA) is 78.8 Å². The zero-order valence-corrected chi connectivity index (χ0v) is 19.7. The number of piperidine rings is 1. The second-order valence-electron chi connectivity index (χ2n) is 8.85. The summed E-state index contributed by atoms with van der Waals surface area (Å²) in [6.07, 6.45) is -0.387. The Balaban J connectivity index is 1.33. The van der Waals surface area contributed by atoms with Crippen LogP contribution in [0, 0.1) is 5.92 Å². The lowest BCUT2D eigenvalue weighted by Crippen LogP contribution is -2.52. The fraction of sp³-hybridized carbons (Fsp3) is 0.545. The predicted molar refractivity (Wildman–Crippen MR) is 118 cm³/mol. The molecule has 1 aromatic heterocycles. The summed E-state index contributed by atoms with van der Waals surface area (Å²) in [5.41, 5.74) is -0.0833. The lowest BCUT2D eigenvalue weighted by atomic mass is 9.97. The molecule has 2 aliphatic rings. The highest BCUT2D eigenvalue weighted by atomic mass is 32.2. The average Bonchev–Trinajstić information content (AvgIpc) is 3.26. The van der Waals surface area contributed by atoms with Crippen LogP contribution < -0.4 is 0 Å². The van der Waals surface area contributed by atoms with Gasteiger partial charge in [-0.15, -0.1) is 0 Å². The number of rotatable bonds is 5. The third-order valence-corrected chi connectivity index (χ3v) is 8.21. The standard InChI is InChI=1S/C22H28F3N5O3S/c1-27-16-20(13-26-27)34(32,33)30-7-3-5-18(15-30)21(31)29-10-8-28(9-11-29)14-17-4-2-6-19(12-17)22(23,24)25/h2,4,6,12-13,16,18H,3,5,7-11,14-15H2,1H3/t18-/m0/s1. The minimum Gasteiger partial charge on any atom is -0.340 e. The number of sulfonamides is 1. The van der Waals surface area contributed by atoms with Crippen LogP contribution in [-0.2, 0) is 34.6 Å². The first-order valence-electron chi connectivity index (χ1n) is 11.2. The number of amides is 1. The summed E-state index contributed by atoms with van der Waals surface area (Å²) >= 11 is 0. The summed E-state index contributed by atoms with van der Waals surface area (Å²) in [4.78, 5) is 17.0. The smallest absolute Gasteiger partial charge is 0.340 e. The number of hydrogen-bond donors (Lipinski definition) is 0. The van der Waals surface area contributed by atoms with Crippen molar-refractivity contribution in [2.24, 2.45) is 13.0 Å². The molecule has 0 bridgehead atoms. The van der Waals surface area contributed by atoms with Crippen LogP contribution in [0.15, 0.2) is 41.6 Å². The van der Waals surface area contributed by atoms with Crippen molar-refractivity contribution in [1.29, 1.82) is 0 Å². The van der Waals surface area contributed by atoms with Crippen LogP contribution in [-0.4, -0.2) is 77.5 Å². The van der Waals surface area contributed by atoms with E-state index in [9.17, 15) is 26.4 Å². The molecule has 34 heavy (non-hydrogen) atoms. The summed E-state index contributed by atoms with van der Waals surface area (Å²) in [7, 11) is -2.06. The molecule has 0 unspecified atom stereocenters. The quantitative estimate of drug-likeness (QED) is 0.630. The van der Waals surface area contributed by atoms with Crippen LogP contribution in [0.25, 0.3) is 0 Å². The third kappa shape index (κ3) is 5.44. The van der Waals surface area contributed by atoms with Gasteiger partial charge in [-0.3, -0.25) is 14.4 Å². The molecule has 0 N–H and O–H groups in total. The van der Waals surface area contributed by atoms with Crippen LogP contribution in [0.2, 0.25) is 0 Å². The molecule has 12 heteroatoms. The molecule has 2 saturated heterocycles. The van der Waals surface area contributed by atoms with Crippen LogP contribution in [0.5, 0.6) is 0 Å². The van der Waals surface area contributed by atoms with Gasteiger partial charge in [0.25, 0.3) is 0 Å². The number of piperazine rings is 1. The molecule has 0 saturated carbocycles. The molecule has 186 valence electrons. The number of aromatic nitrogens is 2. The minimum absolute atomic E-state index is 0.0650. The van der Waals surface area contributed by atoms with Crippen molar-refractivity contribution < 1.29 is 26.4 Å². The predicted octanol–water partition coefficient (Wildman–Crippen LogP) is 2.18. The van der Waals surface area contributed by atoms with Crippen LogP contribution in [0.3, 0.4) is 0 Å². The largest absolute Gasteiger partial charge is 0.416 e. The maximum absolute atomic E-state index is 13.1. The summed E-state index contributed by atoms with van der Waals surface area (Å²) in [6.45, 7) is 2.91. The van der Waals surface area contributed by atoms with Gasteiger partial charge in [0.1, 0.15) is 4.90 Å². The van der Waals surface area contributed by atoms with Crippen molar-refractivity contribution in [3.63, 3.8) is 0 Å². The molecule has 1 amide bonds. The highest BCUT2D eigenvalue weighted by molar-refractivity contribution is 7.89. The first-order valence-corrected chi connectivity index (χ1v) is 12.6. The van der Waals surface area contributed by atoms with Crippen molar-refractivity contribution >= 4 is 15.9 Å². The molecule has 4 rings (SSSR count). The van der Waals surface area contributed by atoms with Gasteiger partial charge in [0, 0.05) is 59.1 Å². The Bertz CT molecular complexity index is 1130. The normalized spacial score (nSPS) is 21.1. The second-order valence-corrected chi connectivity index (χ2v) is 10.8. The lowest BCUT2D eigenvalue weighted by Gasteiger charge is -2.38. The Morgan fingerprint density at radius 3 is 2.53 bits per heavy atom. The molecule has 0 spiro atoms. The van der Waals surface area contributed by atoms with E-state index in [1.54, 1.807) is 18.0 Å². The number of aryl methyl sites for hydroxylation is 1. The van der Waals surface area contributed by atoms with Gasteiger partial charge in [0.2, 0.25) is 15.9 Å². The first-order chi connectivity index (χ1) is 16.0. The Hall–Kier alpha value is -2.44. The number of carbonyl (C=O) groups excluding carboxylic acids is 1. The molecular formula is C22H28F3N5O3S. The summed E-state index contributed by atoms with van der Waals surface area (Å²) in [5.74, 6) is -0.472. The van der Waals surface area contributed by atoms with Gasteiger partial charge in [0.15, 0.2) is 0 Å². The SMILES string of the molecule is Cn1cc(S(=O)(=O)N2CCC[C@H](C(=O)N3CCN(Cc4cccc(C(F)(F)F)c4)CC3)C2)cn1. The van der Waals surface area contributed by atoms with Gasteiger partial charge in [-0.1, -0.05) is 18.2 Å². The van der Waals surface area contributed by atoms with E-state index in [2.05, 4.69) is 5.10 Å². The third-order valence-electron chi connectivity index (χ3n) is 6.40. The van der Waals surface area contributed by atoms with E-state index in [0.29, 0.717) is 57.7 Å². The fourth-order valence-corrected chi connectivity index (χ4v) is 6.04. The van der Waals surface area contributed by atoms with Gasteiger partial charge in [-0.2, -0.15) is 22.6 Å². The Morgan fingerprint density at radius 2 is 1.88 bits per heavy atom. The van der Waals surface area contributed by atoms with Gasteiger partial charge >= 0.3 is 6.18 Å². The number of nitrogens with zero attached hydrogens (tertiary/aromatic N) is 5. The molecule has 1 aromatic carbocycles. The summed E-state index contributed by atoms with van der Waals surface area (Å²) in [6, 6.07) is 5.30. The van der Waals surface area contributed by atoms with Crippen LogP contribution in [0.4, 0.5) is 13.2 Å². The van der Waals surface area contributed by atoms with Crippen LogP contribution in [0.1, 0.15) is 24.0 Å². The molecule has 0 radical (unpaired) electrons. The van der Waals surface area contributed by atoms with Gasteiger partial charge in [-0.05, 0) is 24.5 Å². The molecule has 2 aliphatic heterocycles. The summed E-state index contributed by atoms with van der Waals surface area (Å²) in [5, 5.41) is 3.93. The Kier molecular flexibility index (Phi) is 7.02. The minimum atomic E-state index is -4.38. The van der Waals surface area contributed by atoms with E-state index in [0.717, 1.165) is 12.1 Å². The van der Waals surface area contributed by atoms with Crippen molar-refractivity contribution in [3.8, 4) is 0 Å². The van der Waals surface area contributed by atoms with Crippen molar-refractivity contribution in [1.82, 2.24) is 23.9 Å². The first kappa shape index (κ1) is 24.7. The highest BCUT2D eigenvalue weighted by Crippen LogP contribution is 2.30. The number of carbonyl (C=O) groups is 1. The highest BCUT2D eigenvalue weighted by Gasteiger charge is 2.36. The van der Waals surface area contributed by atoms with Gasteiger partial charge in [-0.25, -0.2) is 8.42 Å². The maximum atomic E-state index is 13.1. The second kappa shape index (κ2) is 9.67. The zero-order valence-electron chi connectivity index (χ0n) is 18.9. The van der Waals surface area contributed by atoms with Crippen LogP contribution >= 0.6 is 0 Å². The van der Waals surface area contributed by atoms with Gasteiger partial charge < -0.3 is 4.90 Å². The average molecular weight is 500 g/mol. The van der Waals surface area contributed by atoms with E-state index >= 15 is 0 Å². The lowest BCUT2D eigenvalue weighted by molar-refractivity contribution is -0.139. The van der Waals surface area contributed by atoms with Gasteiger partial charge in [0.05, 0.1) is 17.7 Å². The maximum Gasteiger partial charge on any atom is 0.416 e. The monoisotopic (exact) mass is 499 g/mol. The fourth-order valence-electron chi connectivity index (χ4n) is 4.53. The molecule has 0 aliphatic carbocycles. The number of hydrogen-bond acceptors (Lipinski definition) is 5. The van der Waals surface area contributed by atoms with E-state index in [-0.39, 0.29) is 17.3 Å². The molecule has 3 heterocycles. The van der Waals surface area contributed by atoms with Crippen molar-refractivity contribution in [2.75, 3.05) is 39.3 Å². The van der Waals surface area contributed by atoms with E-state index in [1.165, 1.54) is 27.4 Å². The zero-order chi connectivity index (χ0) is 24.5. The van der Waals surface area contributed by atoms with E-state index in [1.807, 2.05) is 4.90 Å². The molecule has 8 nitrogen and oxygen atoms in total. The van der Waals surface area contributed by atoms with E-state index in [4.69, 9.17) is 0 Å². The number of benzene rings is 1. The molecule has 1 atom stereocenters. The Morgan fingerprint density at radius 1 is 1.15 bits per heavy atom. The number of alkyl halides is 3.